The monoisotopic (exact) mass is 387 g/mol. The highest BCUT2D eigenvalue weighted by Crippen LogP contribution is 2.27. The number of benzene rings is 2. The summed E-state index contributed by atoms with van der Waals surface area (Å²) in [4.78, 5) is 8.91. The number of nitrogens with one attached hydrogen (secondary N) is 2. The molecular weight excluding hydrogens is 373 g/mol. The van der Waals surface area contributed by atoms with Gasteiger partial charge in [0.25, 0.3) is 0 Å². The number of nitrogens with zero attached hydrogens (tertiary/aromatic N) is 2. The van der Waals surface area contributed by atoms with Crippen molar-refractivity contribution in [2.24, 2.45) is 0 Å². The highest BCUT2D eigenvalue weighted by Gasteiger charge is 2.08. The zero-order valence-corrected chi connectivity index (χ0v) is 15.3. The minimum atomic E-state index is -0.339. The Morgan fingerprint density at radius 1 is 1.23 bits per heavy atom. The van der Waals surface area contributed by atoms with E-state index in [1.165, 1.54) is 12.1 Å². The first-order valence-corrected chi connectivity index (χ1v) is 8.80. The molecule has 5 nitrogen and oxygen atoms in total. The second-order valence-electron chi connectivity index (χ2n) is 5.47. The number of rotatable bonds is 5. The van der Waals surface area contributed by atoms with Gasteiger partial charge in [-0.2, -0.15) is 0 Å². The van der Waals surface area contributed by atoms with Gasteiger partial charge in [0.1, 0.15) is 11.6 Å². The maximum absolute atomic E-state index is 13.7. The van der Waals surface area contributed by atoms with Crippen LogP contribution in [0.2, 0.25) is 5.02 Å². The van der Waals surface area contributed by atoms with E-state index >= 15 is 0 Å². The fourth-order valence-electron chi connectivity index (χ4n) is 2.18. The summed E-state index contributed by atoms with van der Waals surface area (Å²) in [6.07, 6.45) is 1.55. The zero-order valence-electron chi connectivity index (χ0n) is 13.8. The van der Waals surface area contributed by atoms with E-state index in [4.69, 9.17) is 22.7 Å². The summed E-state index contributed by atoms with van der Waals surface area (Å²) in [5.74, 6) is 0.415. The van der Waals surface area contributed by atoms with E-state index in [1.807, 2.05) is 24.3 Å². The summed E-state index contributed by atoms with van der Waals surface area (Å²) >= 11 is 7.02. The summed E-state index contributed by atoms with van der Waals surface area (Å²) < 4.78 is 16.8. The quantitative estimate of drug-likeness (QED) is 0.422. The molecule has 0 saturated carbocycles. The number of nitrogens with two attached hydrogens (primary N) is 1. The predicted molar refractivity (Wildman–Crippen MR) is 105 cm³/mol. The largest absolute Gasteiger partial charge is 0.383 e. The third-order valence-electron chi connectivity index (χ3n) is 3.54. The van der Waals surface area contributed by atoms with Crippen molar-refractivity contribution in [3.05, 3.63) is 65.1 Å². The molecule has 8 heteroatoms. The van der Waals surface area contributed by atoms with E-state index in [9.17, 15) is 4.39 Å². The average molecular weight is 388 g/mol. The molecule has 0 aliphatic carbocycles. The zero-order chi connectivity index (χ0) is 18.7. The second kappa shape index (κ2) is 7.72. The number of hydrogen-bond acceptors (Lipinski definition) is 6. The third kappa shape index (κ3) is 4.12. The van der Waals surface area contributed by atoms with E-state index < -0.39 is 0 Å². The van der Waals surface area contributed by atoms with E-state index in [0.29, 0.717) is 27.0 Å². The molecule has 4 N–H and O–H groups in total. The molecule has 0 aliphatic heterocycles. The van der Waals surface area contributed by atoms with Gasteiger partial charge in [-0.1, -0.05) is 11.6 Å². The molecule has 0 aliphatic rings. The van der Waals surface area contributed by atoms with Crippen LogP contribution in [-0.2, 0) is 0 Å². The van der Waals surface area contributed by atoms with Crippen LogP contribution in [0.5, 0.6) is 0 Å². The number of halogens is 2. The maximum atomic E-state index is 13.7. The van der Waals surface area contributed by atoms with E-state index in [2.05, 4.69) is 14.7 Å². The molecule has 0 bridgehead atoms. The lowest BCUT2D eigenvalue weighted by Gasteiger charge is -2.08. The number of hydrogen-bond donors (Lipinski definition) is 3. The van der Waals surface area contributed by atoms with E-state index in [1.54, 1.807) is 19.2 Å². The van der Waals surface area contributed by atoms with Gasteiger partial charge in [0.2, 0.25) is 0 Å². The minimum absolute atomic E-state index is 0.275. The van der Waals surface area contributed by atoms with Crippen molar-refractivity contribution in [1.29, 1.82) is 5.41 Å². The van der Waals surface area contributed by atoms with Crippen LogP contribution in [0.1, 0.15) is 12.5 Å². The van der Waals surface area contributed by atoms with Gasteiger partial charge in [0, 0.05) is 28.2 Å². The van der Waals surface area contributed by atoms with Crippen molar-refractivity contribution in [2.45, 2.75) is 11.8 Å². The van der Waals surface area contributed by atoms with Crippen LogP contribution in [-0.4, -0.2) is 15.7 Å². The topological polar surface area (TPSA) is 87.7 Å². The Hall–Kier alpha value is -2.64. The normalized spacial score (nSPS) is 10.6. The number of aromatic nitrogens is 2. The second-order valence-corrected chi connectivity index (χ2v) is 6.76. The molecule has 1 heterocycles. The Bertz CT molecular complexity index is 962. The van der Waals surface area contributed by atoms with Crippen LogP contribution in [0, 0.1) is 11.2 Å². The molecule has 0 radical (unpaired) electrons. The van der Waals surface area contributed by atoms with Crippen LogP contribution >= 0.6 is 23.5 Å². The van der Waals surface area contributed by atoms with E-state index in [0.717, 1.165) is 23.2 Å². The van der Waals surface area contributed by atoms with Crippen LogP contribution < -0.4 is 10.5 Å². The van der Waals surface area contributed by atoms with Crippen LogP contribution in [0.4, 0.5) is 15.9 Å². The van der Waals surface area contributed by atoms with Crippen molar-refractivity contribution in [3.63, 3.8) is 0 Å². The van der Waals surface area contributed by atoms with Gasteiger partial charge in [-0.3, -0.25) is 0 Å². The molecule has 0 atom stereocenters. The summed E-state index contributed by atoms with van der Waals surface area (Å²) in [7, 11) is 0. The van der Waals surface area contributed by atoms with Gasteiger partial charge < -0.3 is 15.9 Å². The third-order valence-corrected chi connectivity index (χ3v) is 4.64. The first-order chi connectivity index (χ1) is 12.4. The average Bonchev–Trinajstić information content (AvgIpc) is 2.62. The molecule has 132 valence electrons. The Labute approximate surface area is 159 Å². The molecule has 2 aromatic carbocycles. The highest BCUT2D eigenvalue weighted by atomic mass is 35.5. The minimum Gasteiger partial charge on any atom is -0.383 e. The van der Waals surface area contributed by atoms with Gasteiger partial charge >= 0.3 is 0 Å². The molecule has 0 amide bonds. The van der Waals surface area contributed by atoms with Gasteiger partial charge in [-0.05, 0) is 61.3 Å². The summed E-state index contributed by atoms with van der Waals surface area (Å²) in [5.41, 5.74) is 8.29. The Morgan fingerprint density at radius 2 is 1.96 bits per heavy atom. The maximum Gasteiger partial charge on any atom is 0.161 e. The van der Waals surface area contributed by atoms with Gasteiger partial charge in [-0.25, -0.2) is 14.4 Å². The molecule has 0 unspecified atom stereocenters. The summed E-state index contributed by atoms with van der Waals surface area (Å²) in [5, 5.41) is 8.10. The molecule has 1 aromatic heterocycles. The van der Waals surface area contributed by atoms with Gasteiger partial charge in [0.15, 0.2) is 5.82 Å². The smallest absolute Gasteiger partial charge is 0.161 e. The molecule has 0 spiro atoms. The van der Waals surface area contributed by atoms with Crippen molar-refractivity contribution >= 4 is 40.8 Å². The lowest BCUT2D eigenvalue weighted by molar-refractivity contribution is 0.602. The van der Waals surface area contributed by atoms with Crippen molar-refractivity contribution < 1.29 is 4.39 Å². The summed E-state index contributed by atoms with van der Waals surface area (Å²) in [6.45, 7) is 1.63. The van der Waals surface area contributed by atoms with E-state index in [-0.39, 0.29) is 11.6 Å². The molecule has 26 heavy (non-hydrogen) atoms. The molecule has 0 saturated heterocycles. The number of anilines is 2. The first-order valence-electron chi connectivity index (χ1n) is 7.60. The van der Waals surface area contributed by atoms with Crippen molar-refractivity contribution in [2.75, 3.05) is 10.5 Å². The fraction of sp³-hybridized carbons (Fsp3) is 0.0556. The predicted octanol–water partition coefficient (Wildman–Crippen LogP) is 5.03. The van der Waals surface area contributed by atoms with Gasteiger partial charge in [-0.15, -0.1) is 0 Å². The molecule has 0 fully saturated rings. The van der Waals surface area contributed by atoms with Crippen LogP contribution in [0.25, 0.3) is 11.4 Å². The van der Waals surface area contributed by atoms with Crippen LogP contribution in [0.3, 0.4) is 0 Å². The lowest BCUT2D eigenvalue weighted by atomic mass is 10.1. The number of nitrogen functional groups attached to an aromatic ring is 1. The first kappa shape index (κ1) is 18.2. The Kier molecular flexibility index (Phi) is 5.39. The van der Waals surface area contributed by atoms with Crippen LogP contribution in [0.15, 0.2) is 53.6 Å². The SMILES string of the molecule is CC(=N)c1cnc(-c2ccc(NSc3cc(Cl)ccc3F)cc2)nc1N. The lowest BCUT2D eigenvalue weighted by Crippen LogP contribution is -2.04. The molecule has 3 rings (SSSR count). The standard InChI is InChI=1S/C18H15ClFN5S/c1-10(21)14-9-23-18(24-17(14)22)11-2-5-13(6-3-11)25-26-16-8-12(19)4-7-15(16)20/h2-9,21,25H,1H3,(H2,22,23,24). The summed E-state index contributed by atoms with van der Waals surface area (Å²) in [6, 6.07) is 11.7. The molecule has 3 aromatic rings. The molecular formula is C18H15ClFN5S. The van der Waals surface area contributed by atoms with Crippen molar-refractivity contribution in [3.8, 4) is 11.4 Å². The van der Waals surface area contributed by atoms with Crippen molar-refractivity contribution in [1.82, 2.24) is 9.97 Å². The fourth-order valence-corrected chi connectivity index (χ4v) is 3.13. The van der Waals surface area contributed by atoms with Gasteiger partial charge in [0.05, 0.1) is 10.5 Å². The Balaban J connectivity index is 1.73. The Morgan fingerprint density at radius 3 is 2.62 bits per heavy atom. The highest BCUT2D eigenvalue weighted by molar-refractivity contribution is 8.00.